The summed E-state index contributed by atoms with van der Waals surface area (Å²) in [7, 11) is 0. The van der Waals surface area contributed by atoms with Crippen LogP contribution in [0.3, 0.4) is 0 Å². The van der Waals surface area contributed by atoms with Crippen molar-refractivity contribution in [2.45, 2.75) is 45.0 Å². The average Bonchev–Trinajstić information content (AvgIpc) is 2.14. The molecule has 0 spiro atoms. The number of hydrogen-bond donors (Lipinski definition) is 2. The summed E-state index contributed by atoms with van der Waals surface area (Å²) in [5, 5.41) is 1.53. The Morgan fingerprint density at radius 1 is 1.36 bits per heavy atom. The molecule has 1 atom stereocenters. The fourth-order valence-corrected chi connectivity index (χ4v) is 1.58. The fourth-order valence-electron chi connectivity index (χ4n) is 1.32. The Hall–Kier alpha value is -0.550. The molecular formula is C9H18N4S. The summed E-state index contributed by atoms with van der Waals surface area (Å²) in [5.41, 5.74) is -0.268. The van der Waals surface area contributed by atoms with E-state index in [1.165, 1.54) is 5.01 Å². The largest absolute Gasteiger partial charge is 0.264 e. The maximum absolute atomic E-state index is 5.79. The summed E-state index contributed by atoms with van der Waals surface area (Å²) in [6.07, 6.45) is 3.87. The number of aliphatic imine (C=N–C) groups is 2. The van der Waals surface area contributed by atoms with Crippen molar-refractivity contribution in [3.63, 3.8) is 0 Å². The van der Waals surface area contributed by atoms with Crippen LogP contribution in [0.4, 0.5) is 0 Å². The van der Waals surface area contributed by atoms with Crippen LogP contribution < -0.4 is 5.84 Å². The lowest BCUT2D eigenvalue weighted by atomic mass is 10.2. The third-order valence-electron chi connectivity index (χ3n) is 2.02. The molecule has 0 amide bonds. The summed E-state index contributed by atoms with van der Waals surface area (Å²) in [6, 6.07) is 0. The first-order valence-electron chi connectivity index (χ1n) is 5.05. The van der Waals surface area contributed by atoms with Crippen LogP contribution in [-0.4, -0.2) is 22.2 Å². The molecule has 1 aliphatic rings. The Labute approximate surface area is 90.7 Å². The van der Waals surface area contributed by atoms with Crippen LogP contribution in [0.5, 0.6) is 0 Å². The monoisotopic (exact) mass is 214 g/mol. The van der Waals surface area contributed by atoms with E-state index in [4.69, 9.17) is 5.84 Å². The maximum Gasteiger partial charge on any atom is 0.182 e. The molecule has 1 rings (SSSR count). The Bertz CT molecular complexity index is 249. The predicted molar refractivity (Wildman–Crippen MR) is 63.5 cm³/mol. The first-order valence-corrected chi connectivity index (χ1v) is 5.56. The molecule has 0 radical (unpaired) electrons. The molecule has 0 aromatic carbocycles. The highest BCUT2D eigenvalue weighted by Gasteiger charge is 2.19. The van der Waals surface area contributed by atoms with E-state index in [1.807, 2.05) is 0 Å². The second-order valence-corrected chi connectivity index (χ2v) is 3.79. The number of rotatable bonds is 4. The smallest absolute Gasteiger partial charge is 0.182 e. The van der Waals surface area contributed by atoms with Gasteiger partial charge in [-0.2, -0.15) is 0 Å². The molecular weight excluding hydrogens is 196 g/mol. The molecule has 0 fully saturated rings. The molecule has 0 aromatic heterocycles. The predicted octanol–water partition coefficient (Wildman–Crippen LogP) is 1.79. The normalized spacial score (nSPS) is 22.0. The molecule has 0 saturated heterocycles. The Morgan fingerprint density at radius 3 is 2.57 bits per heavy atom. The highest BCUT2D eigenvalue weighted by atomic mass is 32.1. The molecule has 80 valence electrons. The van der Waals surface area contributed by atoms with Crippen molar-refractivity contribution in [1.82, 2.24) is 5.01 Å². The summed E-state index contributed by atoms with van der Waals surface area (Å²) >= 11 is 4.29. The number of hydrazine groups is 1. The van der Waals surface area contributed by atoms with Crippen molar-refractivity contribution in [2.75, 3.05) is 0 Å². The minimum atomic E-state index is -0.268. The molecule has 2 N–H and O–H groups in total. The van der Waals surface area contributed by atoms with E-state index in [9.17, 15) is 0 Å². The van der Waals surface area contributed by atoms with Crippen molar-refractivity contribution in [1.29, 1.82) is 0 Å². The van der Waals surface area contributed by atoms with E-state index in [-0.39, 0.29) is 5.50 Å². The van der Waals surface area contributed by atoms with E-state index in [2.05, 4.69) is 36.5 Å². The van der Waals surface area contributed by atoms with Crippen LogP contribution in [0.1, 0.15) is 39.5 Å². The van der Waals surface area contributed by atoms with Crippen LogP contribution >= 0.6 is 12.6 Å². The van der Waals surface area contributed by atoms with Gasteiger partial charge in [0, 0.05) is 12.8 Å². The lowest BCUT2D eigenvalue weighted by Crippen LogP contribution is -2.45. The third-order valence-corrected chi connectivity index (χ3v) is 2.38. The first kappa shape index (κ1) is 11.5. The lowest BCUT2D eigenvalue weighted by Gasteiger charge is -2.27. The Kier molecular flexibility index (Phi) is 4.41. The van der Waals surface area contributed by atoms with Gasteiger partial charge in [0.1, 0.15) is 11.7 Å². The number of nitrogens with zero attached hydrogens (tertiary/aromatic N) is 3. The zero-order valence-electron chi connectivity index (χ0n) is 8.77. The van der Waals surface area contributed by atoms with Gasteiger partial charge in [-0.25, -0.2) is 15.8 Å². The molecule has 5 heteroatoms. The van der Waals surface area contributed by atoms with Gasteiger partial charge < -0.3 is 0 Å². The summed E-state index contributed by atoms with van der Waals surface area (Å²) in [6.45, 7) is 4.22. The number of amidine groups is 2. The van der Waals surface area contributed by atoms with Crippen LogP contribution in [0.2, 0.25) is 0 Å². The van der Waals surface area contributed by atoms with Gasteiger partial charge in [-0.1, -0.05) is 13.8 Å². The number of nitrogens with two attached hydrogens (primary N) is 1. The Balaban J connectivity index is 2.75. The van der Waals surface area contributed by atoms with Crippen molar-refractivity contribution in [3.05, 3.63) is 0 Å². The summed E-state index contributed by atoms with van der Waals surface area (Å²) in [5.74, 6) is 7.55. The minimum Gasteiger partial charge on any atom is -0.264 e. The molecule has 1 aliphatic heterocycles. The van der Waals surface area contributed by atoms with Gasteiger partial charge in [0.25, 0.3) is 0 Å². The van der Waals surface area contributed by atoms with Crippen molar-refractivity contribution in [3.8, 4) is 0 Å². The minimum absolute atomic E-state index is 0.268. The Morgan fingerprint density at radius 2 is 2.00 bits per heavy atom. The molecule has 4 nitrogen and oxygen atoms in total. The topological polar surface area (TPSA) is 54.0 Å². The molecule has 0 bridgehead atoms. The van der Waals surface area contributed by atoms with Gasteiger partial charge in [-0.15, -0.1) is 12.6 Å². The SMILES string of the molecule is CCCC1=NC(S)N(N)C(CCC)=N1. The number of hydrogen-bond acceptors (Lipinski definition) is 5. The molecule has 1 unspecified atom stereocenters. The average molecular weight is 214 g/mol. The first-order chi connectivity index (χ1) is 6.69. The molecule has 0 saturated carbocycles. The number of thiol groups is 1. The van der Waals surface area contributed by atoms with Gasteiger partial charge in [0.15, 0.2) is 5.50 Å². The van der Waals surface area contributed by atoms with Crippen LogP contribution in [-0.2, 0) is 0 Å². The van der Waals surface area contributed by atoms with Gasteiger partial charge >= 0.3 is 0 Å². The zero-order chi connectivity index (χ0) is 10.6. The van der Waals surface area contributed by atoms with Crippen molar-refractivity contribution in [2.24, 2.45) is 15.8 Å². The van der Waals surface area contributed by atoms with Gasteiger partial charge in [-0.3, -0.25) is 5.01 Å². The third kappa shape index (κ3) is 2.72. The zero-order valence-corrected chi connectivity index (χ0v) is 9.67. The molecule has 0 aromatic rings. The second-order valence-electron chi connectivity index (χ2n) is 3.33. The van der Waals surface area contributed by atoms with Crippen LogP contribution in [0.25, 0.3) is 0 Å². The van der Waals surface area contributed by atoms with Gasteiger partial charge in [0.05, 0.1) is 0 Å². The van der Waals surface area contributed by atoms with Crippen LogP contribution in [0.15, 0.2) is 9.98 Å². The van der Waals surface area contributed by atoms with E-state index in [0.717, 1.165) is 37.4 Å². The molecule has 1 heterocycles. The van der Waals surface area contributed by atoms with E-state index in [0.29, 0.717) is 0 Å². The standard InChI is InChI=1S/C9H18N4S/c1-3-5-7-11-8(6-4-2)13(10)9(14)12-7/h9,14H,3-6,10H2,1-2H3. The quantitative estimate of drug-likeness (QED) is 0.553. The van der Waals surface area contributed by atoms with Crippen molar-refractivity contribution >= 4 is 24.3 Å². The van der Waals surface area contributed by atoms with Gasteiger partial charge in [0.2, 0.25) is 0 Å². The maximum atomic E-state index is 5.79. The highest BCUT2D eigenvalue weighted by Crippen LogP contribution is 2.13. The molecule has 14 heavy (non-hydrogen) atoms. The molecule has 0 aliphatic carbocycles. The second kappa shape index (κ2) is 5.36. The highest BCUT2D eigenvalue weighted by molar-refractivity contribution is 7.80. The van der Waals surface area contributed by atoms with E-state index < -0.39 is 0 Å². The summed E-state index contributed by atoms with van der Waals surface area (Å²) in [4.78, 5) is 8.69. The van der Waals surface area contributed by atoms with Gasteiger partial charge in [-0.05, 0) is 12.8 Å². The van der Waals surface area contributed by atoms with Crippen molar-refractivity contribution < 1.29 is 0 Å². The van der Waals surface area contributed by atoms with E-state index >= 15 is 0 Å². The van der Waals surface area contributed by atoms with Crippen LogP contribution in [0, 0.1) is 0 Å². The van der Waals surface area contributed by atoms with E-state index in [1.54, 1.807) is 0 Å². The lowest BCUT2D eigenvalue weighted by molar-refractivity contribution is 0.408. The fraction of sp³-hybridized carbons (Fsp3) is 0.778. The summed E-state index contributed by atoms with van der Waals surface area (Å²) < 4.78 is 0.